The number of aryl methyl sites for hydroxylation is 1. The molecule has 2 aliphatic heterocycles. The molecular formula is C35H45N5O3. The standard InChI is InChI=1S/C35H45N5O3/c1-23(2)40-11-8-34(9-12-40)17-25(18-34)38(4)30-15-29(31-7-6-24(3)42-31)37-28-16-33(32(41-5)14-27(28)30)43-26-19-35(20-26)21-39(22-35)13-10-36/h6-7,14-16,23,25-26H,8-9,11-13,17-22H2,1-5H3. The summed E-state index contributed by atoms with van der Waals surface area (Å²) in [6, 6.07) is 13.8. The average Bonchev–Trinajstić information content (AvgIpc) is 3.38. The van der Waals surface area contributed by atoms with Crippen molar-refractivity contribution in [3.8, 4) is 29.0 Å². The molecule has 228 valence electrons. The van der Waals surface area contributed by atoms with E-state index in [1.165, 1.54) is 38.8 Å². The SMILES string of the molecule is COc1cc2c(N(C)C3CC4(CCN(C(C)C)CC4)C3)cc(-c3ccc(C)o3)nc2cc1OC1CC2(C1)CN(CC#N)C2. The Hall–Kier alpha value is -3.28. The Morgan fingerprint density at radius 3 is 2.44 bits per heavy atom. The third-order valence-corrected chi connectivity index (χ3v) is 10.9. The molecular weight excluding hydrogens is 538 g/mol. The summed E-state index contributed by atoms with van der Waals surface area (Å²) in [5, 5.41) is 10.1. The second-order valence-electron chi connectivity index (χ2n) is 14.2. The molecule has 3 aromatic rings. The fourth-order valence-corrected chi connectivity index (χ4v) is 8.33. The number of furan rings is 1. The van der Waals surface area contributed by atoms with Crippen LogP contribution in [0, 0.1) is 29.1 Å². The number of aromatic nitrogens is 1. The van der Waals surface area contributed by atoms with Crippen LogP contribution in [-0.4, -0.2) is 79.9 Å². The Balaban J connectivity index is 1.15. The maximum absolute atomic E-state index is 8.99. The first-order valence-corrected chi connectivity index (χ1v) is 16.0. The van der Waals surface area contributed by atoms with Gasteiger partial charge in [0.05, 0.1) is 25.2 Å². The first-order chi connectivity index (χ1) is 20.7. The van der Waals surface area contributed by atoms with Gasteiger partial charge in [-0.15, -0.1) is 0 Å². The van der Waals surface area contributed by atoms with Crippen LogP contribution in [0.15, 0.2) is 34.7 Å². The fourth-order valence-electron chi connectivity index (χ4n) is 8.33. The van der Waals surface area contributed by atoms with Crippen molar-refractivity contribution in [2.75, 3.05) is 51.8 Å². The summed E-state index contributed by atoms with van der Waals surface area (Å²) in [4.78, 5) is 12.4. The fraction of sp³-hybridized carbons (Fsp3) is 0.600. The summed E-state index contributed by atoms with van der Waals surface area (Å²) in [5.74, 6) is 3.16. The number of hydrogen-bond donors (Lipinski definition) is 0. The van der Waals surface area contributed by atoms with E-state index in [1.54, 1.807) is 7.11 Å². The first-order valence-electron chi connectivity index (χ1n) is 16.0. The number of benzene rings is 1. The average molecular weight is 584 g/mol. The van der Waals surface area contributed by atoms with Gasteiger partial charge in [-0.3, -0.25) is 4.90 Å². The van der Waals surface area contributed by atoms with Gasteiger partial charge in [-0.05, 0) is 102 Å². The van der Waals surface area contributed by atoms with Crippen LogP contribution in [0.5, 0.6) is 11.5 Å². The van der Waals surface area contributed by atoms with E-state index in [2.05, 4.69) is 59.9 Å². The highest BCUT2D eigenvalue weighted by atomic mass is 16.5. The van der Waals surface area contributed by atoms with Crippen molar-refractivity contribution in [1.82, 2.24) is 14.8 Å². The Kier molecular flexibility index (Phi) is 7.10. The lowest BCUT2D eigenvalue weighted by atomic mass is 9.60. The van der Waals surface area contributed by atoms with E-state index in [-0.39, 0.29) is 6.10 Å². The molecule has 4 heterocycles. The lowest BCUT2D eigenvalue weighted by Gasteiger charge is -2.58. The van der Waals surface area contributed by atoms with Gasteiger partial charge in [-0.1, -0.05) is 0 Å². The number of pyridine rings is 1. The molecule has 4 fully saturated rings. The maximum Gasteiger partial charge on any atom is 0.163 e. The lowest BCUT2D eigenvalue weighted by Crippen LogP contribution is -2.64. The highest BCUT2D eigenvalue weighted by Gasteiger charge is 2.53. The number of nitriles is 1. The Morgan fingerprint density at radius 1 is 1.07 bits per heavy atom. The van der Waals surface area contributed by atoms with Crippen molar-refractivity contribution in [1.29, 1.82) is 5.26 Å². The third kappa shape index (κ3) is 5.15. The number of methoxy groups -OCH3 is 1. The second kappa shape index (κ2) is 10.7. The molecule has 8 heteroatoms. The van der Waals surface area contributed by atoms with E-state index in [9.17, 15) is 0 Å². The van der Waals surface area contributed by atoms with Crippen LogP contribution in [0.3, 0.4) is 0 Å². The largest absolute Gasteiger partial charge is 0.493 e. The van der Waals surface area contributed by atoms with Crippen LogP contribution < -0.4 is 14.4 Å². The number of nitrogens with zero attached hydrogens (tertiary/aromatic N) is 5. The maximum atomic E-state index is 8.99. The molecule has 0 N–H and O–H groups in total. The minimum Gasteiger partial charge on any atom is -0.493 e. The van der Waals surface area contributed by atoms with Crippen molar-refractivity contribution in [3.63, 3.8) is 0 Å². The predicted molar refractivity (Wildman–Crippen MR) is 169 cm³/mol. The number of ether oxygens (including phenoxy) is 2. The van der Waals surface area contributed by atoms with Crippen LogP contribution in [0.25, 0.3) is 22.4 Å². The normalized spacial score (nSPS) is 23.1. The smallest absolute Gasteiger partial charge is 0.163 e. The minimum absolute atomic E-state index is 0.155. The van der Waals surface area contributed by atoms with Gasteiger partial charge in [-0.25, -0.2) is 4.98 Å². The first kappa shape index (κ1) is 28.5. The molecule has 2 aliphatic carbocycles. The van der Waals surface area contributed by atoms with E-state index >= 15 is 0 Å². The third-order valence-electron chi connectivity index (χ3n) is 10.9. The number of rotatable bonds is 8. The number of likely N-dealkylation sites (tertiary alicyclic amines) is 2. The van der Waals surface area contributed by atoms with Crippen molar-refractivity contribution >= 4 is 16.6 Å². The van der Waals surface area contributed by atoms with E-state index in [1.807, 2.05) is 19.1 Å². The van der Waals surface area contributed by atoms with E-state index < -0.39 is 0 Å². The zero-order valence-electron chi connectivity index (χ0n) is 26.4. The van der Waals surface area contributed by atoms with Crippen LogP contribution in [-0.2, 0) is 0 Å². The molecule has 2 saturated heterocycles. The molecule has 2 saturated carbocycles. The summed E-state index contributed by atoms with van der Waals surface area (Å²) in [5.41, 5.74) is 3.69. The minimum atomic E-state index is 0.155. The monoisotopic (exact) mass is 583 g/mol. The van der Waals surface area contributed by atoms with Gasteiger partial charge >= 0.3 is 0 Å². The topological polar surface area (TPSA) is 78.0 Å². The van der Waals surface area contributed by atoms with Crippen molar-refractivity contribution < 1.29 is 13.9 Å². The molecule has 7 rings (SSSR count). The van der Waals surface area contributed by atoms with Gasteiger partial charge in [0.15, 0.2) is 17.3 Å². The number of anilines is 1. The summed E-state index contributed by atoms with van der Waals surface area (Å²) in [7, 11) is 3.96. The predicted octanol–water partition coefficient (Wildman–Crippen LogP) is 6.27. The molecule has 2 spiro atoms. The van der Waals surface area contributed by atoms with Crippen molar-refractivity contribution in [2.45, 2.75) is 77.5 Å². The zero-order chi connectivity index (χ0) is 29.9. The quantitative estimate of drug-likeness (QED) is 0.287. The Labute approximate surface area is 255 Å². The summed E-state index contributed by atoms with van der Waals surface area (Å²) < 4.78 is 18.5. The van der Waals surface area contributed by atoms with Crippen LogP contribution in [0.4, 0.5) is 5.69 Å². The summed E-state index contributed by atoms with van der Waals surface area (Å²) >= 11 is 0. The highest BCUT2D eigenvalue weighted by molar-refractivity contribution is 5.96. The van der Waals surface area contributed by atoms with Gasteiger partial charge < -0.3 is 23.7 Å². The Morgan fingerprint density at radius 2 is 1.81 bits per heavy atom. The number of hydrogen-bond acceptors (Lipinski definition) is 8. The van der Waals surface area contributed by atoms with E-state index in [4.69, 9.17) is 24.1 Å². The molecule has 43 heavy (non-hydrogen) atoms. The molecule has 4 aliphatic rings. The molecule has 8 nitrogen and oxygen atoms in total. The zero-order valence-corrected chi connectivity index (χ0v) is 26.4. The molecule has 2 aromatic heterocycles. The van der Waals surface area contributed by atoms with Crippen LogP contribution in [0.1, 0.15) is 58.1 Å². The van der Waals surface area contributed by atoms with Crippen LogP contribution >= 0.6 is 0 Å². The molecule has 1 aromatic carbocycles. The van der Waals surface area contributed by atoms with E-state index in [0.29, 0.717) is 29.5 Å². The highest BCUT2D eigenvalue weighted by Crippen LogP contribution is 2.53. The van der Waals surface area contributed by atoms with Crippen molar-refractivity contribution in [2.24, 2.45) is 10.8 Å². The van der Waals surface area contributed by atoms with Gasteiger partial charge in [0.1, 0.15) is 17.6 Å². The Bertz CT molecular complexity index is 1530. The summed E-state index contributed by atoms with van der Waals surface area (Å²) in [6.07, 6.45) is 7.27. The summed E-state index contributed by atoms with van der Waals surface area (Å²) in [6.45, 7) is 11.5. The number of fused-ring (bicyclic) bond motifs is 1. The molecule has 0 unspecified atom stereocenters. The lowest BCUT2D eigenvalue weighted by molar-refractivity contribution is -0.114. The van der Waals surface area contributed by atoms with Gasteiger partial charge in [0.2, 0.25) is 0 Å². The molecule has 0 radical (unpaired) electrons. The van der Waals surface area contributed by atoms with Gasteiger partial charge in [-0.2, -0.15) is 5.26 Å². The molecule has 0 atom stereocenters. The van der Waals surface area contributed by atoms with Gasteiger partial charge in [0.25, 0.3) is 0 Å². The van der Waals surface area contributed by atoms with Crippen LogP contribution in [0.2, 0.25) is 0 Å². The molecule has 0 bridgehead atoms. The second-order valence-corrected chi connectivity index (χ2v) is 14.2. The number of piperidine rings is 1. The van der Waals surface area contributed by atoms with Crippen molar-refractivity contribution in [3.05, 3.63) is 36.1 Å². The van der Waals surface area contributed by atoms with E-state index in [0.717, 1.165) is 71.2 Å². The van der Waals surface area contributed by atoms with Gasteiger partial charge in [0, 0.05) is 54.8 Å². The molecule has 0 amide bonds.